The van der Waals surface area contributed by atoms with Crippen LogP contribution in [0.4, 0.5) is 5.82 Å². The van der Waals surface area contributed by atoms with E-state index in [4.69, 9.17) is 25.1 Å². The number of benzene rings is 1. The number of anilines is 1. The zero-order valence-corrected chi connectivity index (χ0v) is 22.2. The molecule has 1 aliphatic heterocycles. The summed E-state index contributed by atoms with van der Waals surface area (Å²) in [4.78, 5) is 32.9. The fourth-order valence-electron chi connectivity index (χ4n) is 3.70. The Labute approximate surface area is 216 Å². The number of thioether (sulfide) groups is 1. The third kappa shape index (κ3) is 7.59. The number of hydrogen-bond donors (Lipinski definition) is 1. The van der Waals surface area contributed by atoms with E-state index in [9.17, 15) is 9.59 Å². The van der Waals surface area contributed by atoms with Crippen molar-refractivity contribution in [1.82, 2.24) is 9.55 Å². The van der Waals surface area contributed by atoms with E-state index in [-0.39, 0.29) is 35.0 Å². The number of nitrogens with one attached hydrogen (secondary N) is 1. The molecule has 0 bridgehead atoms. The first-order valence-electron chi connectivity index (χ1n) is 11.6. The third-order valence-corrected chi connectivity index (χ3v) is 8.23. The average Bonchev–Trinajstić information content (AvgIpc) is 3.21. The van der Waals surface area contributed by atoms with Gasteiger partial charge < -0.3 is 28.7 Å². The number of carbonyl (C=O) groups is 1. The molecule has 1 fully saturated rings. The second kappa shape index (κ2) is 14.4. The van der Waals surface area contributed by atoms with Crippen molar-refractivity contribution in [3.63, 3.8) is 0 Å². The van der Waals surface area contributed by atoms with Crippen LogP contribution in [0.3, 0.4) is 0 Å². The summed E-state index contributed by atoms with van der Waals surface area (Å²) in [5, 5.41) is 2.34. The van der Waals surface area contributed by atoms with Gasteiger partial charge >= 0.3 is 5.69 Å². The lowest BCUT2D eigenvalue weighted by Crippen LogP contribution is -2.39. The molecule has 5 atom stereocenters. The van der Waals surface area contributed by atoms with Crippen LogP contribution in [0.15, 0.2) is 47.4 Å². The summed E-state index contributed by atoms with van der Waals surface area (Å²) in [6.45, 7) is 12.1. The molecule has 1 aromatic heterocycles. The number of hydrogen-bond acceptors (Lipinski definition) is 8. The molecule has 1 aromatic carbocycles. The molecule has 0 aliphatic carbocycles. The number of aromatic nitrogens is 2. The van der Waals surface area contributed by atoms with Crippen LogP contribution in [-0.2, 0) is 18.5 Å². The minimum Gasteiger partial charge on any atom is -0.382 e. The van der Waals surface area contributed by atoms with Gasteiger partial charge in [-0.3, -0.25) is 9.36 Å². The SMILES string of the molecule is [C-]#[N+]CCOP(C)O[C@@H]1C(OCCOC)[C@H](n2ccc(NC(=O)c3ccccc3)nc2=O)S[C@@H]1CC. The monoisotopic (exact) mass is 534 g/mol. The van der Waals surface area contributed by atoms with Gasteiger partial charge in [0.05, 0.1) is 13.2 Å². The lowest BCUT2D eigenvalue weighted by molar-refractivity contribution is -0.0451. The maximum Gasteiger partial charge on any atom is 0.350 e. The van der Waals surface area contributed by atoms with Crippen LogP contribution in [0.1, 0.15) is 29.1 Å². The lowest BCUT2D eigenvalue weighted by atomic mass is 10.1. The molecule has 10 nitrogen and oxygen atoms in total. The average molecular weight is 535 g/mol. The quantitative estimate of drug-likeness (QED) is 0.235. The molecule has 0 radical (unpaired) electrons. The highest BCUT2D eigenvalue weighted by molar-refractivity contribution is 8.00. The molecular weight excluding hydrogens is 503 g/mol. The van der Waals surface area contributed by atoms with Gasteiger partial charge in [-0.2, -0.15) is 4.98 Å². The molecule has 1 N–H and O–H groups in total. The Hall–Kier alpha value is -2.32. The second-order valence-electron chi connectivity index (χ2n) is 7.85. The van der Waals surface area contributed by atoms with E-state index in [1.165, 1.54) is 4.57 Å². The predicted molar refractivity (Wildman–Crippen MR) is 140 cm³/mol. The van der Waals surface area contributed by atoms with Crippen molar-refractivity contribution in [2.24, 2.45) is 0 Å². The van der Waals surface area contributed by atoms with Gasteiger partial charge in [0.15, 0.2) is 8.38 Å². The minimum atomic E-state index is -1.23. The Balaban J connectivity index is 1.79. The topological polar surface area (TPSA) is 105 Å². The van der Waals surface area contributed by atoms with Crippen LogP contribution >= 0.6 is 20.1 Å². The summed E-state index contributed by atoms with van der Waals surface area (Å²) in [5.74, 6) is -0.166. The van der Waals surface area contributed by atoms with Gasteiger partial charge in [0.25, 0.3) is 5.91 Å². The standard InChI is InChI=1S/C24H31N4O6PS/c1-5-18-20(34-35(4)33-14-12-25-2)21(32-16-15-31-3)23(36-18)28-13-11-19(27-24(28)30)26-22(29)17-9-7-6-8-10-17/h6-11,13,18,20-21,23H,5,12,14-16H2,1,3-4H3,(H,26,27,29,30)/t18-,20+,21?,23-,35?/m1/s1. The molecule has 3 rings (SSSR count). The van der Waals surface area contributed by atoms with Crippen molar-refractivity contribution in [3.8, 4) is 0 Å². The molecule has 2 heterocycles. The molecule has 1 saturated heterocycles. The maximum atomic E-state index is 13.0. The van der Waals surface area contributed by atoms with E-state index in [2.05, 4.69) is 22.1 Å². The highest BCUT2D eigenvalue weighted by Gasteiger charge is 2.47. The molecule has 2 aromatic rings. The number of rotatable bonds is 13. The van der Waals surface area contributed by atoms with Gasteiger partial charge in [-0.05, 0) is 24.6 Å². The Morgan fingerprint density at radius 1 is 1.22 bits per heavy atom. The van der Waals surface area contributed by atoms with Crippen molar-refractivity contribution in [3.05, 3.63) is 70.1 Å². The molecule has 1 amide bonds. The van der Waals surface area contributed by atoms with Gasteiger partial charge in [-0.1, -0.05) is 25.1 Å². The highest BCUT2D eigenvalue weighted by Crippen LogP contribution is 2.50. The first-order valence-corrected chi connectivity index (χ1v) is 14.1. The minimum absolute atomic E-state index is 0.0568. The summed E-state index contributed by atoms with van der Waals surface area (Å²) < 4.78 is 24.8. The van der Waals surface area contributed by atoms with Gasteiger partial charge in [0.2, 0.25) is 6.54 Å². The van der Waals surface area contributed by atoms with Gasteiger partial charge in [-0.15, -0.1) is 11.8 Å². The summed E-state index contributed by atoms with van der Waals surface area (Å²) in [7, 11) is 0.366. The van der Waals surface area contributed by atoms with E-state index >= 15 is 0 Å². The van der Waals surface area contributed by atoms with Crippen LogP contribution in [0.25, 0.3) is 4.85 Å². The summed E-state index contributed by atoms with van der Waals surface area (Å²) in [5.41, 5.74) is -0.0248. The van der Waals surface area contributed by atoms with Crippen molar-refractivity contribution >= 4 is 31.9 Å². The molecule has 0 saturated carbocycles. The fraction of sp³-hybridized carbons (Fsp3) is 0.500. The summed E-state index contributed by atoms with van der Waals surface area (Å²) >= 11 is 1.59. The van der Waals surface area contributed by atoms with E-state index in [1.807, 2.05) is 12.7 Å². The Bertz CT molecular complexity index is 1080. The zero-order valence-electron chi connectivity index (χ0n) is 20.5. The molecular formula is C24H31N4O6PS. The van der Waals surface area contributed by atoms with Crippen molar-refractivity contribution < 1.29 is 23.3 Å². The maximum absolute atomic E-state index is 13.0. The Kier molecular flexibility index (Phi) is 11.3. The number of amides is 1. The zero-order chi connectivity index (χ0) is 25.9. The molecule has 12 heteroatoms. The van der Waals surface area contributed by atoms with Gasteiger partial charge in [0, 0.05) is 30.8 Å². The first-order chi connectivity index (χ1) is 17.5. The van der Waals surface area contributed by atoms with Crippen molar-refractivity contribution in [1.29, 1.82) is 0 Å². The predicted octanol–water partition coefficient (Wildman–Crippen LogP) is 3.81. The van der Waals surface area contributed by atoms with Crippen LogP contribution < -0.4 is 11.0 Å². The molecule has 1 aliphatic rings. The largest absolute Gasteiger partial charge is 0.382 e. The molecule has 2 unspecified atom stereocenters. The van der Waals surface area contributed by atoms with Crippen molar-refractivity contribution in [2.45, 2.75) is 36.2 Å². The smallest absolute Gasteiger partial charge is 0.350 e. The molecule has 36 heavy (non-hydrogen) atoms. The Morgan fingerprint density at radius 3 is 2.67 bits per heavy atom. The normalized spacial score (nSPS) is 22.2. The molecule has 194 valence electrons. The number of carbonyl (C=O) groups excluding carboxylic acids is 1. The first kappa shape index (κ1) is 28.3. The van der Waals surface area contributed by atoms with E-state index in [1.54, 1.807) is 55.4 Å². The third-order valence-electron chi connectivity index (χ3n) is 5.41. The lowest BCUT2D eigenvalue weighted by Gasteiger charge is -2.28. The fourth-order valence-corrected chi connectivity index (χ4v) is 6.39. The van der Waals surface area contributed by atoms with Crippen LogP contribution in [0, 0.1) is 6.57 Å². The molecule has 0 spiro atoms. The second-order valence-corrected chi connectivity index (χ2v) is 10.6. The summed E-state index contributed by atoms with van der Waals surface area (Å²) in [6.07, 6.45) is 1.65. The Morgan fingerprint density at radius 2 is 2.00 bits per heavy atom. The highest BCUT2D eigenvalue weighted by atomic mass is 32.2. The summed E-state index contributed by atoms with van der Waals surface area (Å²) in [6, 6.07) is 10.3. The van der Waals surface area contributed by atoms with Crippen molar-refractivity contribution in [2.75, 3.05) is 45.5 Å². The van der Waals surface area contributed by atoms with Crippen LogP contribution in [-0.4, -0.2) is 73.1 Å². The van der Waals surface area contributed by atoms with E-state index in [0.717, 1.165) is 6.42 Å². The number of ether oxygens (including phenoxy) is 2. The van der Waals surface area contributed by atoms with E-state index in [0.29, 0.717) is 25.4 Å². The van der Waals surface area contributed by atoms with Crippen LogP contribution in [0.2, 0.25) is 0 Å². The number of nitrogens with zero attached hydrogens (tertiary/aromatic N) is 3. The van der Waals surface area contributed by atoms with Gasteiger partial charge in [-0.25, -0.2) is 11.4 Å². The van der Waals surface area contributed by atoms with Crippen LogP contribution in [0.5, 0.6) is 0 Å². The van der Waals surface area contributed by atoms with Gasteiger partial charge in [0.1, 0.15) is 30.0 Å². The van der Waals surface area contributed by atoms with E-state index < -0.39 is 20.2 Å². The number of methoxy groups -OCH3 is 1.